The van der Waals surface area contributed by atoms with Gasteiger partial charge >= 0.3 is 0 Å². The summed E-state index contributed by atoms with van der Waals surface area (Å²) in [5.41, 5.74) is 1.13. The van der Waals surface area contributed by atoms with Gasteiger partial charge in [-0.2, -0.15) is 0 Å². The fourth-order valence-corrected chi connectivity index (χ4v) is 1.95. The molecule has 0 aliphatic rings. The van der Waals surface area contributed by atoms with Crippen LogP contribution >= 0.6 is 0 Å². The van der Waals surface area contributed by atoms with Gasteiger partial charge in [-0.3, -0.25) is 0 Å². The number of hydrogen-bond donors (Lipinski definition) is 3. The first-order valence-electron chi connectivity index (χ1n) is 5.90. The van der Waals surface area contributed by atoms with Gasteiger partial charge in [0.05, 0.1) is 24.4 Å². The van der Waals surface area contributed by atoms with Gasteiger partial charge in [0.25, 0.3) is 0 Å². The van der Waals surface area contributed by atoms with Crippen molar-refractivity contribution < 1.29 is 14.9 Å². The van der Waals surface area contributed by atoms with Crippen molar-refractivity contribution in [3.05, 3.63) is 42.1 Å². The maximum Gasteiger partial charge on any atom is 0.237 e. The van der Waals surface area contributed by atoms with E-state index in [1.807, 2.05) is 13.0 Å². The van der Waals surface area contributed by atoms with E-state index in [4.69, 9.17) is 4.74 Å². The van der Waals surface area contributed by atoms with E-state index in [0.29, 0.717) is 17.1 Å². The lowest BCUT2D eigenvalue weighted by atomic mass is 10.1. The van der Waals surface area contributed by atoms with Gasteiger partial charge in [0, 0.05) is 6.20 Å². The first-order valence-corrected chi connectivity index (χ1v) is 5.90. The Hall–Kier alpha value is -2.43. The summed E-state index contributed by atoms with van der Waals surface area (Å²) in [5, 5.41) is 22.8. The van der Waals surface area contributed by atoms with Crippen molar-refractivity contribution in [1.82, 2.24) is 4.98 Å². The number of phenols is 2. The molecule has 0 saturated heterocycles. The lowest BCUT2D eigenvalue weighted by molar-refractivity contribution is 0.399. The number of ether oxygens (including phenoxy) is 1. The van der Waals surface area contributed by atoms with Gasteiger partial charge in [0.2, 0.25) is 5.88 Å². The number of aromatic hydroxyl groups is 2. The summed E-state index contributed by atoms with van der Waals surface area (Å²) >= 11 is 0. The molecule has 0 aliphatic heterocycles. The molecule has 0 radical (unpaired) electrons. The highest BCUT2D eigenvalue weighted by atomic mass is 16.5. The zero-order valence-electron chi connectivity index (χ0n) is 10.8. The van der Waals surface area contributed by atoms with Crippen molar-refractivity contribution >= 4 is 5.69 Å². The Bertz CT molecular complexity index is 552. The first kappa shape index (κ1) is 13.0. The number of benzene rings is 1. The standard InChI is InChI=1S/C14H16N2O3/c1-9(13-11(17)6-3-7-12(13)18)16-10-5-4-8-15-14(10)19-2/h3-9,16-18H,1-2H3. The van der Waals surface area contributed by atoms with Crippen molar-refractivity contribution in [1.29, 1.82) is 0 Å². The lowest BCUT2D eigenvalue weighted by Crippen LogP contribution is -2.08. The summed E-state index contributed by atoms with van der Waals surface area (Å²) in [5.74, 6) is 0.551. The fourth-order valence-electron chi connectivity index (χ4n) is 1.95. The van der Waals surface area contributed by atoms with Gasteiger partial charge in [-0.15, -0.1) is 0 Å². The summed E-state index contributed by atoms with van der Waals surface area (Å²) in [4.78, 5) is 4.08. The average molecular weight is 260 g/mol. The summed E-state index contributed by atoms with van der Waals surface area (Å²) in [6.07, 6.45) is 1.63. The molecule has 1 aromatic heterocycles. The topological polar surface area (TPSA) is 74.6 Å². The molecule has 100 valence electrons. The van der Waals surface area contributed by atoms with Crippen LogP contribution < -0.4 is 10.1 Å². The van der Waals surface area contributed by atoms with Crippen molar-refractivity contribution in [2.45, 2.75) is 13.0 Å². The van der Waals surface area contributed by atoms with E-state index in [9.17, 15) is 10.2 Å². The minimum absolute atomic E-state index is 0.0443. The molecule has 0 fully saturated rings. The van der Waals surface area contributed by atoms with Gasteiger partial charge in [-0.1, -0.05) is 6.07 Å². The zero-order valence-corrected chi connectivity index (χ0v) is 10.8. The maximum absolute atomic E-state index is 9.82. The first-order chi connectivity index (χ1) is 9.13. The molecule has 0 bridgehead atoms. The van der Waals surface area contributed by atoms with Crippen LogP contribution in [-0.2, 0) is 0 Å². The molecule has 0 amide bonds. The predicted octanol–water partition coefficient (Wildman–Crippen LogP) is 2.67. The SMILES string of the molecule is COc1ncccc1NC(C)c1c(O)cccc1O. The summed E-state index contributed by atoms with van der Waals surface area (Å²) < 4.78 is 5.14. The van der Waals surface area contributed by atoms with E-state index in [0.717, 1.165) is 0 Å². The van der Waals surface area contributed by atoms with Crippen LogP contribution in [0.5, 0.6) is 17.4 Å². The molecule has 5 nitrogen and oxygen atoms in total. The highest BCUT2D eigenvalue weighted by molar-refractivity contribution is 5.56. The highest BCUT2D eigenvalue weighted by Gasteiger charge is 2.16. The third kappa shape index (κ3) is 2.70. The molecule has 2 aromatic rings. The summed E-state index contributed by atoms with van der Waals surface area (Å²) in [7, 11) is 1.54. The molecule has 5 heteroatoms. The Morgan fingerprint density at radius 2 is 1.84 bits per heavy atom. The Balaban J connectivity index is 2.28. The van der Waals surface area contributed by atoms with Crippen LogP contribution in [-0.4, -0.2) is 22.3 Å². The minimum Gasteiger partial charge on any atom is -0.507 e. The van der Waals surface area contributed by atoms with E-state index in [2.05, 4.69) is 10.3 Å². The van der Waals surface area contributed by atoms with Crippen LogP contribution in [0.25, 0.3) is 0 Å². The number of anilines is 1. The van der Waals surface area contributed by atoms with Crippen LogP contribution in [0.15, 0.2) is 36.5 Å². The zero-order chi connectivity index (χ0) is 13.8. The molecular weight excluding hydrogens is 244 g/mol. The molecular formula is C14H16N2O3. The van der Waals surface area contributed by atoms with Crippen LogP contribution in [0.2, 0.25) is 0 Å². The maximum atomic E-state index is 9.82. The number of phenolic OH excluding ortho intramolecular Hbond substituents is 2. The number of hydrogen-bond acceptors (Lipinski definition) is 5. The van der Waals surface area contributed by atoms with Gasteiger partial charge in [0.15, 0.2) is 0 Å². The van der Waals surface area contributed by atoms with Gasteiger partial charge in [-0.05, 0) is 31.2 Å². The normalized spacial score (nSPS) is 11.9. The molecule has 3 N–H and O–H groups in total. The Kier molecular flexibility index (Phi) is 3.75. The largest absolute Gasteiger partial charge is 0.507 e. The Labute approximate surface area is 111 Å². The molecule has 19 heavy (non-hydrogen) atoms. The molecule has 1 unspecified atom stereocenters. The van der Waals surface area contributed by atoms with Crippen molar-refractivity contribution in [3.63, 3.8) is 0 Å². The summed E-state index contributed by atoms with van der Waals surface area (Å²) in [6, 6.07) is 7.97. The van der Waals surface area contributed by atoms with Crippen LogP contribution in [0.1, 0.15) is 18.5 Å². The second-order valence-electron chi connectivity index (χ2n) is 4.14. The van der Waals surface area contributed by atoms with E-state index in [-0.39, 0.29) is 17.5 Å². The fraction of sp³-hybridized carbons (Fsp3) is 0.214. The van der Waals surface area contributed by atoms with Gasteiger partial charge in [0.1, 0.15) is 11.5 Å². The van der Waals surface area contributed by atoms with Crippen molar-refractivity contribution in [3.8, 4) is 17.4 Å². The van der Waals surface area contributed by atoms with Crippen LogP contribution in [0.3, 0.4) is 0 Å². The number of nitrogens with one attached hydrogen (secondary N) is 1. The molecule has 1 aromatic carbocycles. The number of nitrogens with zero attached hydrogens (tertiary/aromatic N) is 1. The quantitative estimate of drug-likeness (QED) is 0.788. The predicted molar refractivity (Wildman–Crippen MR) is 72.6 cm³/mol. The van der Waals surface area contributed by atoms with Gasteiger partial charge < -0.3 is 20.3 Å². The Morgan fingerprint density at radius 3 is 2.47 bits per heavy atom. The molecule has 0 spiro atoms. The molecule has 1 heterocycles. The number of aromatic nitrogens is 1. The third-order valence-corrected chi connectivity index (χ3v) is 2.83. The highest BCUT2D eigenvalue weighted by Crippen LogP contribution is 2.35. The smallest absolute Gasteiger partial charge is 0.237 e. The monoisotopic (exact) mass is 260 g/mol. The third-order valence-electron chi connectivity index (χ3n) is 2.83. The van der Waals surface area contributed by atoms with Crippen LogP contribution in [0.4, 0.5) is 5.69 Å². The van der Waals surface area contributed by atoms with E-state index < -0.39 is 0 Å². The van der Waals surface area contributed by atoms with Gasteiger partial charge in [-0.25, -0.2) is 4.98 Å². The van der Waals surface area contributed by atoms with Crippen LogP contribution in [0, 0.1) is 0 Å². The second-order valence-corrected chi connectivity index (χ2v) is 4.14. The van der Waals surface area contributed by atoms with E-state index >= 15 is 0 Å². The van der Waals surface area contributed by atoms with Crippen molar-refractivity contribution in [2.24, 2.45) is 0 Å². The minimum atomic E-state index is -0.292. The van der Waals surface area contributed by atoms with E-state index in [1.54, 1.807) is 18.3 Å². The summed E-state index contributed by atoms with van der Waals surface area (Å²) in [6.45, 7) is 1.83. The Morgan fingerprint density at radius 1 is 1.16 bits per heavy atom. The molecule has 0 aliphatic carbocycles. The number of pyridine rings is 1. The van der Waals surface area contributed by atoms with E-state index in [1.165, 1.54) is 19.2 Å². The molecule has 1 atom stereocenters. The lowest BCUT2D eigenvalue weighted by Gasteiger charge is -2.19. The number of methoxy groups -OCH3 is 1. The van der Waals surface area contributed by atoms with Crippen molar-refractivity contribution in [2.75, 3.05) is 12.4 Å². The average Bonchev–Trinajstić information content (AvgIpc) is 2.39. The second kappa shape index (κ2) is 5.48. The molecule has 0 saturated carbocycles. The molecule has 2 rings (SSSR count). The number of rotatable bonds is 4.